The Labute approximate surface area is 134 Å². The Kier molecular flexibility index (Phi) is 13.8. The molecule has 0 heterocycles. The van der Waals surface area contributed by atoms with Gasteiger partial charge in [0.15, 0.2) is 0 Å². The van der Waals surface area contributed by atoms with Crippen molar-refractivity contribution in [3.63, 3.8) is 0 Å². The summed E-state index contributed by atoms with van der Waals surface area (Å²) in [5, 5.41) is 8.84. The Morgan fingerprint density at radius 2 is 1.23 bits per heavy atom. The molecule has 0 saturated heterocycles. The van der Waals surface area contributed by atoms with Crippen molar-refractivity contribution in [2.24, 2.45) is 0 Å². The Morgan fingerprint density at radius 3 is 1.73 bits per heavy atom. The van der Waals surface area contributed by atoms with E-state index >= 15 is 0 Å². The van der Waals surface area contributed by atoms with Gasteiger partial charge < -0.3 is 5.11 Å². The van der Waals surface area contributed by atoms with Gasteiger partial charge in [0.05, 0.1) is 0 Å². The summed E-state index contributed by atoms with van der Waals surface area (Å²) < 4.78 is 36.2. The van der Waals surface area contributed by atoms with Crippen LogP contribution in [0.1, 0.15) is 90.4 Å². The van der Waals surface area contributed by atoms with Gasteiger partial charge in [-0.15, -0.1) is 0 Å². The van der Waals surface area contributed by atoms with Crippen molar-refractivity contribution in [3.8, 4) is 0 Å². The molecule has 0 aliphatic rings. The molecule has 0 aliphatic carbocycles. The fourth-order valence-electron chi connectivity index (χ4n) is 2.40. The fraction of sp³-hybridized carbons (Fsp3) is 0.889. The summed E-state index contributed by atoms with van der Waals surface area (Å²) in [6.45, 7) is 2.22. The Bertz CT molecular complexity index is 262. The molecule has 0 saturated carbocycles. The van der Waals surface area contributed by atoms with Crippen LogP contribution in [0.2, 0.25) is 0 Å². The minimum Gasteiger partial charge on any atom is -0.384 e. The van der Waals surface area contributed by atoms with E-state index in [1.54, 1.807) is 0 Å². The van der Waals surface area contributed by atoms with Crippen LogP contribution in [0.5, 0.6) is 0 Å². The van der Waals surface area contributed by atoms with Crippen LogP contribution in [-0.2, 0) is 0 Å². The fourth-order valence-corrected chi connectivity index (χ4v) is 2.40. The quantitative estimate of drug-likeness (QED) is 0.284. The lowest BCUT2D eigenvalue weighted by atomic mass is 10.1. The molecule has 1 nitrogen and oxygen atoms in total. The van der Waals surface area contributed by atoms with Crippen LogP contribution in [0.4, 0.5) is 13.2 Å². The van der Waals surface area contributed by atoms with E-state index in [9.17, 15) is 13.2 Å². The van der Waals surface area contributed by atoms with E-state index in [1.807, 2.05) is 0 Å². The zero-order valence-electron chi connectivity index (χ0n) is 14.0. The molecule has 4 heteroatoms. The number of allylic oxidation sites excluding steroid dienone is 2. The van der Waals surface area contributed by atoms with Crippen LogP contribution in [0, 0.1) is 0 Å². The van der Waals surface area contributed by atoms with E-state index < -0.39 is 12.3 Å². The number of unbranched alkanes of at least 4 members (excludes halogenated alkanes) is 10. The second-order valence-electron chi connectivity index (χ2n) is 6.08. The molecule has 0 bridgehead atoms. The van der Waals surface area contributed by atoms with Gasteiger partial charge in [-0.25, -0.2) is 0 Å². The van der Waals surface area contributed by atoms with Crippen LogP contribution in [0.3, 0.4) is 0 Å². The third kappa shape index (κ3) is 14.4. The van der Waals surface area contributed by atoms with Crippen molar-refractivity contribution < 1.29 is 18.3 Å². The number of hydrogen-bond donors (Lipinski definition) is 1. The number of halogens is 3. The highest BCUT2D eigenvalue weighted by Gasteiger charge is 2.37. The smallest absolute Gasteiger partial charge is 0.384 e. The predicted molar refractivity (Wildman–Crippen MR) is 86.9 cm³/mol. The summed E-state index contributed by atoms with van der Waals surface area (Å²) in [6, 6.07) is 0. The third-order valence-corrected chi connectivity index (χ3v) is 3.87. The van der Waals surface area contributed by atoms with Crippen molar-refractivity contribution in [2.45, 2.75) is 103 Å². The largest absolute Gasteiger partial charge is 0.414 e. The Hall–Kier alpha value is -0.510. The van der Waals surface area contributed by atoms with Gasteiger partial charge in [-0.2, -0.15) is 13.2 Å². The lowest BCUT2D eigenvalue weighted by Crippen LogP contribution is -2.28. The monoisotopic (exact) mass is 322 g/mol. The number of aliphatic hydroxyl groups is 1. The SMILES string of the molecule is CCCCCC/C=C\CCCCCCCCC(O)C(F)(F)F. The highest BCUT2D eigenvalue weighted by Crippen LogP contribution is 2.24. The third-order valence-electron chi connectivity index (χ3n) is 3.87. The molecule has 22 heavy (non-hydrogen) atoms. The maximum absolute atomic E-state index is 12.1. The molecule has 1 unspecified atom stereocenters. The number of alkyl halides is 3. The van der Waals surface area contributed by atoms with Crippen molar-refractivity contribution >= 4 is 0 Å². The minimum atomic E-state index is -4.46. The lowest BCUT2D eigenvalue weighted by Gasteiger charge is -2.13. The molecule has 1 atom stereocenters. The standard InChI is InChI=1S/C18H33F3O/c1-2-3-4-5-6-7-8-9-10-11-12-13-14-15-16-17(22)18(19,20)21/h7-8,17,22H,2-6,9-16H2,1H3/b8-7-. The molecule has 0 rings (SSSR count). The summed E-state index contributed by atoms with van der Waals surface area (Å²) in [6.07, 6.45) is 10.9. The van der Waals surface area contributed by atoms with E-state index in [2.05, 4.69) is 19.1 Å². The van der Waals surface area contributed by atoms with Crippen molar-refractivity contribution in [2.75, 3.05) is 0 Å². The molecule has 0 aromatic carbocycles. The minimum absolute atomic E-state index is 0.162. The maximum Gasteiger partial charge on any atom is 0.414 e. The molecule has 0 aliphatic heterocycles. The van der Waals surface area contributed by atoms with E-state index in [0.29, 0.717) is 6.42 Å². The molecule has 0 radical (unpaired) electrons. The van der Waals surface area contributed by atoms with E-state index in [1.165, 1.54) is 32.1 Å². The van der Waals surface area contributed by atoms with Gasteiger partial charge in [-0.1, -0.05) is 70.4 Å². The molecular formula is C18H33F3O. The van der Waals surface area contributed by atoms with Crippen molar-refractivity contribution in [3.05, 3.63) is 12.2 Å². The van der Waals surface area contributed by atoms with Gasteiger partial charge in [0.1, 0.15) is 6.10 Å². The average Bonchev–Trinajstić information content (AvgIpc) is 2.46. The van der Waals surface area contributed by atoms with Crippen molar-refractivity contribution in [1.29, 1.82) is 0 Å². The zero-order chi connectivity index (χ0) is 16.7. The van der Waals surface area contributed by atoms with Crippen LogP contribution in [0.15, 0.2) is 12.2 Å². The number of hydrogen-bond acceptors (Lipinski definition) is 1. The molecule has 0 fully saturated rings. The Balaban J connectivity index is 3.22. The highest BCUT2D eigenvalue weighted by molar-refractivity contribution is 4.81. The van der Waals surface area contributed by atoms with E-state index in [4.69, 9.17) is 5.11 Å². The number of rotatable bonds is 14. The van der Waals surface area contributed by atoms with E-state index in [0.717, 1.165) is 38.5 Å². The maximum atomic E-state index is 12.1. The molecular weight excluding hydrogens is 289 g/mol. The molecule has 0 aromatic heterocycles. The van der Waals surface area contributed by atoms with Gasteiger partial charge in [-0.3, -0.25) is 0 Å². The van der Waals surface area contributed by atoms with Crippen LogP contribution in [0.25, 0.3) is 0 Å². The summed E-state index contributed by atoms with van der Waals surface area (Å²) in [4.78, 5) is 0. The lowest BCUT2D eigenvalue weighted by molar-refractivity contribution is -0.205. The molecule has 0 amide bonds. The summed E-state index contributed by atoms with van der Waals surface area (Å²) in [7, 11) is 0. The predicted octanol–water partition coefficient (Wildman–Crippen LogP) is 6.56. The van der Waals surface area contributed by atoms with Gasteiger partial charge in [0.25, 0.3) is 0 Å². The van der Waals surface area contributed by atoms with Crippen LogP contribution in [-0.4, -0.2) is 17.4 Å². The van der Waals surface area contributed by atoms with Gasteiger partial charge >= 0.3 is 6.18 Å². The number of aliphatic hydroxyl groups excluding tert-OH is 1. The molecule has 132 valence electrons. The molecule has 0 aromatic rings. The second-order valence-corrected chi connectivity index (χ2v) is 6.08. The first-order valence-electron chi connectivity index (χ1n) is 8.88. The van der Waals surface area contributed by atoms with Gasteiger partial charge in [-0.05, 0) is 32.1 Å². The summed E-state index contributed by atoms with van der Waals surface area (Å²) >= 11 is 0. The first-order chi connectivity index (χ1) is 10.5. The van der Waals surface area contributed by atoms with Crippen LogP contribution < -0.4 is 0 Å². The normalized spacial score (nSPS) is 13.9. The van der Waals surface area contributed by atoms with Crippen LogP contribution >= 0.6 is 0 Å². The summed E-state index contributed by atoms with van der Waals surface area (Å²) in [5.74, 6) is 0. The van der Waals surface area contributed by atoms with Gasteiger partial charge in [0.2, 0.25) is 0 Å². The zero-order valence-corrected chi connectivity index (χ0v) is 14.0. The summed E-state index contributed by atoms with van der Waals surface area (Å²) in [5.41, 5.74) is 0. The van der Waals surface area contributed by atoms with Gasteiger partial charge in [0, 0.05) is 0 Å². The Morgan fingerprint density at radius 1 is 0.773 bits per heavy atom. The first kappa shape index (κ1) is 21.5. The first-order valence-corrected chi connectivity index (χ1v) is 8.88. The molecule has 1 N–H and O–H groups in total. The topological polar surface area (TPSA) is 20.2 Å². The average molecular weight is 322 g/mol. The highest BCUT2D eigenvalue weighted by atomic mass is 19.4. The van der Waals surface area contributed by atoms with E-state index in [-0.39, 0.29) is 6.42 Å². The van der Waals surface area contributed by atoms with Crippen molar-refractivity contribution in [1.82, 2.24) is 0 Å². The second kappa shape index (κ2) is 14.1. The molecule has 0 spiro atoms.